The molecule has 1 fully saturated rings. The zero-order valence-corrected chi connectivity index (χ0v) is 15.4. The number of nitrogens with one attached hydrogen (secondary N) is 2. The van der Waals surface area contributed by atoms with E-state index in [9.17, 15) is 14.3 Å². The van der Waals surface area contributed by atoms with Gasteiger partial charge < -0.3 is 10.4 Å². The molecule has 0 saturated carbocycles. The van der Waals surface area contributed by atoms with Crippen molar-refractivity contribution in [2.45, 2.75) is 23.9 Å². The zero-order valence-electron chi connectivity index (χ0n) is 13.0. The van der Waals surface area contributed by atoms with Crippen molar-refractivity contribution < 1.29 is 14.3 Å². The molecule has 2 aliphatic rings. The van der Waals surface area contributed by atoms with Gasteiger partial charge in [0.1, 0.15) is 11.4 Å². The SMILES string of the molecule is O=C1Nc2cc(Cl)ccc2[C@]12N[C@@H](CO)C[C@@H]2c1cccc(Br)c1F. The molecule has 0 aliphatic carbocycles. The molecule has 25 heavy (non-hydrogen) atoms. The second-order valence-corrected chi connectivity index (χ2v) is 7.70. The Balaban J connectivity index is 1.92. The van der Waals surface area contributed by atoms with Gasteiger partial charge >= 0.3 is 0 Å². The molecule has 2 aromatic rings. The molecule has 4 nitrogen and oxygen atoms in total. The van der Waals surface area contributed by atoms with Crippen LogP contribution in [-0.2, 0) is 10.3 Å². The topological polar surface area (TPSA) is 61.4 Å². The molecule has 1 amide bonds. The fraction of sp³-hybridized carbons (Fsp3) is 0.278. The van der Waals surface area contributed by atoms with Crippen molar-refractivity contribution in [2.75, 3.05) is 11.9 Å². The van der Waals surface area contributed by atoms with Gasteiger partial charge in [-0.15, -0.1) is 0 Å². The van der Waals surface area contributed by atoms with E-state index in [4.69, 9.17) is 11.6 Å². The Morgan fingerprint density at radius 1 is 1.36 bits per heavy atom. The minimum absolute atomic E-state index is 0.135. The minimum atomic E-state index is -1.13. The number of benzene rings is 2. The van der Waals surface area contributed by atoms with Crippen LogP contribution in [0.1, 0.15) is 23.5 Å². The van der Waals surface area contributed by atoms with Crippen molar-refractivity contribution in [3.05, 3.63) is 62.8 Å². The number of halogens is 3. The van der Waals surface area contributed by atoms with E-state index in [2.05, 4.69) is 26.6 Å². The normalized spacial score (nSPS) is 27.6. The number of carbonyl (C=O) groups is 1. The van der Waals surface area contributed by atoms with Gasteiger partial charge in [0.25, 0.3) is 0 Å². The average Bonchev–Trinajstić information content (AvgIpc) is 3.10. The molecule has 2 aromatic carbocycles. The number of carbonyl (C=O) groups excluding carboxylic acids is 1. The molecule has 0 aromatic heterocycles. The fourth-order valence-electron chi connectivity index (χ4n) is 4.01. The number of amides is 1. The zero-order chi connectivity index (χ0) is 17.8. The van der Waals surface area contributed by atoms with Crippen LogP contribution in [0.2, 0.25) is 5.02 Å². The van der Waals surface area contributed by atoms with E-state index in [1.807, 2.05) is 0 Å². The van der Waals surface area contributed by atoms with Gasteiger partial charge in [-0.1, -0.05) is 29.8 Å². The van der Waals surface area contributed by atoms with Crippen LogP contribution in [0.25, 0.3) is 0 Å². The second kappa shape index (κ2) is 6.06. The van der Waals surface area contributed by atoms with E-state index in [-0.39, 0.29) is 24.4 Å². The molecule has 2 heterocycles. The first-order valence-corrected chi connectivity index (χ1v) is 9.08. The van der Waals surface area contributed by atoms with Crippen molar-refractivity contribution in [2.24, 2.45) is 0 Å². The summed E-state index contributed by atoms with van der Waals surface area (Å²) in [5.74, 6) is -1.10. The molecule has 4 rings (SSSR count). The first-order chi connectivity index (χ1) is 12.0. The van der Waals surface area contributed by atoms with E-state index < -0.39 is 11.5 Å². The Morgan fingerprint density at radius 2 is 2.16 bits per heavy atom. The molecule has 1 spiro atoms. The van der Waals surface area contributed by atoms with Crippen LogP contribution in [-0.4, -0.2) is 23.7 Å². The summed E-state index contributed by atoms with van der Waals surface area (Å²) in [6, 6.07) is 9.94. The molecule has 3 N–H and O–H groups in total. The summed E-state index contributed by atoms with van der Waals surface area (Å²) in [5, 5.41) is 16.3. The highest BCUT2D eigenvalue weighted by Gasteiger charge is 2.58. The maximum Gasteiger partial charge on any atom is 0.250 e. The number of aliphatic hydroxyl groups is 1. The minimum Gasteiger partial charge on any atom is -0.395 e. The van der Waals surface area contributed by atoms with Gasteiger partial charge in [0, 0.05) is 28.2 Å². The first kappa shape index (κ1) is 17.0. The van der Waals surface area contributed by atoms with Crippen LogP contribution in [0.4, 0.5) is 10.1 Å². The van der Waals surface area contributed by atoms with Crippen LogP contribution in [0.3, 0.4) is 0 Å². The maximum atomic E-state index is 14.8. The summed E-state index contributed by atoms with van der Waals surface area (Å²) in [6.45, 7) is -0.135. The van der Waals surface area contributed by atoms with E-state index in [0.717, 1.165) is 5.56 Å². The molecule has 0 bridgehead atoms. The molecule has 0 unspecified atom stereocenters. The standard InChI is InChI=1S/C18H15BrClFN2O2/c19-14-3-1-2-11(16(14)21)13-7-10(8-24)23-18(13)12-5-4-9(20)6-15(12)22-17(18)25/h1-6,10,13,23-24H,7-8H2,(H,22,25)/t10-,13-,18-/m1/s1. The van der Waals surface area contributed by atoms with E-state index in [0.29, 0.717) is 27.2 Å². The Hall–Kier alpha value is -1.47. The number of hydrogen-bond acceptors (Lipinski definition) is 3. The number of anilines is 1. The third-order valence-electron chi connectivity index (χ3n) is 5.06. The third-order valence-corrected chi connectivity index (χ3v) is 5.91. The van der Waals surface area contributed by atoms with Crippen LogP contribution in [0.5, 0.6) is 0 Å². The van der Waals surface area contributed by atoms with Crippen LogP contribution < -0.4 is 10.6 Å². The largest absolute Gasteiger partial charge is 0.395 e. The van der Waals surface area contributed by atoms with Crippen molar-refractivity contribution in [1.29, 1.82) is 0 Å². The monoisotopic (exact) mass is 424 g/mol. The Labute approximate surface area is 157 Å². The van der Waals surface area contributed by atoms with Crippen LogP contribution in [0, 0.1) is 5.82 Å². The maximum absolute atomic E-state index is 14.8. The van der Waals surface area contributed by atoms with Crippen molar-refractivity contribution >= 4 is 39.1 Å². The number of rotatable bonds is 2. The molecule has 1 saturated heterocycles. The van der Waals surface area contributed by atoms with E-state index >= 15 is 0 Å². The summed E-state index contributed by atoms with van der Waals surface area (Å²) in [4.78, 5) is 13.0. The first-order valence-electron chi connectivity index (χ1n) is 7.91. The molecule has 0 radical (unpaired) electrons. The van der Waals surface area contributed by atoms with Gasteiger partial charge in [-0.05, 0) is 46.1 Å². The lowest BCUT2D eigenvalue weighted by Gasteiger charge is -2.30. The summed E-state index contributed by atoms with van der Waals surface area (Å²) in [6.07, 6.45) is 0.444. The van der Waals surface area contributed by atoms with Crippen molar-refractivity contribution in [3.8, 4) is 0 Å². The van der Waals surface area contributed by atoms with Gasteiger partial charge in [-0.3, -0.25) is 10.1 Å². The van der Waals surface area contributed by atoms with Crippen LogP contribution in [0.15, 0.2) is 40.9 Å². The quantitative estimate of drug-likeness (QED) is 0.690. The third kappa shape index (κ3) is 2.43. The molecule has 2 aliphatic heterocycles. The predicted molar refractivity (Wildman–Crippen MR) is 97.2 cm³/mol. The lowest BCUT2D eigenvalue weighted by molar-refractivity contribution is -0.122. The Morgan fingerprint density at radius 3 is 2.92 bits per heavy atom. The smallest absolute Gasteiger partial charge is 0.250 e. The second-order valence-electron chi connectivity index (χ2n) is 6.41. The number of aliphatic hydroxyl groups excluding tert-OH is 1. The lowest BCUT2D eigenvalue weighted by Crippen LogP contribution is -2.49. The van der Waals surface area contributed by atoms with Gasteiger partial charge in [0.2, 0.25) is 5.91 Å². The van der Waals surface area contributed by atoms with Gasteiger partial charge in [-0.2, -0.15) is 0 Å². The van der Waals surface area contributed by atoms with E-state index in [1.165, 1.54) is 0 Å². The summed E-state index contributed by atoms with van der Waals surface area (Å²) < 4.78 is 15.1. The van der Waals surface area contributed by atoms with E-state index in [1.54, 1.807) is 36.4 Å². The lowest BCUT2D eigenvalue weighted by atomic mass is 9.76. The van der Waals surface area contributed by atoms with Crippen LogP contribution >= 0.6 is 27.5 Å². The summed E-state index contributed by atoms with van der Waals surface area (Å²) in [7, 11) is 0. The molecule has 3 atom stereocenters. The van der Waals surface area contributed by atoms with Gasteiger partial charge in [0.15, 0.2) is 0 Å². The molecular weight excluding hydrogens is 411 g/mol. The highest BCUT2D eigenvalue weighted by molar-refractivity contribution is 9.10. The van der Waals surface area contributed by atoms with Crippen molar-refractivity contribution in [1.82, 2.24) is 5.32 Å². The van der Waals surface area contributed by atoms with Gasteiger partial charge in [-0.25, -0.2) is 4.39 Å². The number of hydrogen-bond donors (Lipinski definition) is 3. The highest BCUT2D eigenvalue weighted by atomic mass is 79.9. The average molecular weight is 426 g/mol. The Bertz CT molecular complexity index is 878. The van der Waals surface area contributed by atoms with Gasteiger partial charge in [0.05, 0.1) is 11.1 Å². The summed E-state index contributed by atoms with van der Waals surface area (Å²) >= 11 is 9.26. The Kier molecular flexibility index (Phi) is 4.11. The number of fused-ring (bicyclic) bond motifs is 2. The molecule has 130 valence electrons. The fourth-order valence-corrected chi connectivity index (χ4v) is 4.56. The predicted octanol–water partition coefficient (Wildman–Crippen LogP) is 3.53. The highest BCUT2D eigenvalue weighted by Crippen LogP contribution is 2.52. The molecule has 7 heteroatoms. The van der Waals surface area contributed by atoms with Crippen molar-refractivity contribution in [3.63, 3.8) is 0 Å². The molecular formula is C18H15BrClFN2O2. The summed E-state index contributed by atoms with van der Waals surface area (Å²) in [5.41, 5.74) is 0.650.